The summed E-state index contributed by atoms with van der Waals surface area (Å²) in [5.41, 5.74) is 5.90. The molecule has 2 nitrogen and oxygen atoms in total. The first-order valence-corrected chi connectivity index (χ1v) is 7.09. The Morgan fingerprint density at radius 2 is 1.75 bits per heavy atom. The normalized spacial score (nSPS) is 13.7. The Hall–Kier alpha value is -0.0800. The lowest BCUT2D eigenvalue weighted by molar-refractivity contribution is 0.176. The molecule has 1 atom stereocenters. The van der Waals surface area contributed by atoms with Crippen molar-refractivity contribution in [1.82, 2.24) is 4.90 Å². The summed E-state index contributed by atoms with van der Waals surface area (Å²) in [6.07, 6.45) is 6.66. The summed E-state index contributed by atoms with van der Waals surface area (Å²) in [6, 6.07) is 0.601. The Labute approximate surface area is 103 Å². The number of nitrogens with two attached hydrogens (primary N) is 1. The molecule has 0 aromatic carbocycles. The van der Waals surface area contributed by atoms with Crippen LogP contribution in [0.4, 0.5) is 0 Å². The molecule has 0 aromatic rings. The SMILES string of the molecule is CCCCCCC(CN)N(CC)CC(C)C. The van der Waals surface area contributed by atoms with Crippen LogP contribution in [0.5, 0.6) is 0 Å². The maximum atomic E-state index is 5.90. The average Bonchev–Trinajstić information content (AvgIpc) is 2.26. The highest BCUT2D eigenvalue weighted by Crippen LogP contribution is 2.12. The van der Waals surface area contributed by atoms with Gasteiger partial charge < -0.3 is 5.73 Å². The van der Waals surface area contributed by atoms with Gasteiger partial charge in [0.1, 0.15) is 0 Å². The summed E-state index contributed by atoms with van der Waals surface area (Å²) in [5, 5.41) is 0. The van der Waals surface area contributed by atoms with Crippen molar-refractivity contribution in [2.45, 2.75) is 65.8 Å². The number of hydrogen-bond donors (Lipinski definition) is 1. The van der Waals surface area contributed by atoms with E-state index in [1.165, 1.54) is 38.6 Å². The molecule has 0 aromatic heterocycles. The Bertz CT molecular complexity index is 146. The van der Waals surface area contributed by atoms with Crippen LogP contribution in [0.3, 0.4) is 0 Å². The zero-order valence-electron chi connectivity index (χ0n) is 11.8. The Kier molecular flexibility index (Phi) is 10.0. The largest absolute Gasteiger partial charge is 0.329 e. The quantitative estimate of drug-likeness (QED) is 0.582. The highest BCUT2D eigenvalue weighted by Gasteiger charge is 2.15. The van der Waals surface area contributed by atoms with Crippen molar-refractivity contribution in [1.29, 1.82) is 0 Å². The van der Waals surface area contributed by atoms with Gasteiger partial charge in [-0.3, -0.25) is 4.90 Å². The maximum absolute atomic E-state index is 5.90. The van der Waals surface area contributed by atoms with E-state index in [9.17, 15) is 0 Å². The maximum Gasteiger partial charge on any atom is 0.0218 e. The van der Waals surface area contributed by atoms with Crippen LogP contribution in [0, 0.1) is 5.92 Å². The van der Waals surface area contributed by atoms with Crippen LogP contribution in [0.25, 0.3) is 0 Å². The minimum atomic E-state index is 0.601. The number of rotatable bonds is 10. The molecular weight excluding hydrogens is 196 g/mol. The lowest BCUT2D eigenvalue weighted by Gasteiger charge is -2.31. The summed E-state index contributed by atoms with van der Waals surface area (Å²) in [4.78, 5) is 2.55. The van der Waals surface area contributed by atoms with Gasteiger partial charge in [-0.05, 0) is 18.9 Å². The highest BCUT2D eigenvalue weighted by molar-refractivity contribution is 4.72. The summed E-state index contributed by atoms with van der Waals surface area (Å²) >= 11 is 0. The number of likely N-dealkylation sites (N-methyl/N-ethyl adjacent to an activating group) is 1. The second kappa shape index (κ2) is 10.1. The van der Waals surface area contributed by atoms with Gasteiger partial charge in [0.05, 0.1) is 0 Å². The molecule has 0 saturated carbocycles. The van der Waals surface area contributed by atoms with E-state index in [0.717, 1.165) is 19.0 Å². The Morgan fingerprint density at radius 3 is 2.19 bits per heavy atom. The molecule has 0 spiro atoms. The second-order valence-corrected chi connectivity index (χ2v) is 5.22. The molecule has 0 saturated heterocycles. The van der Waals surface area contributed by atoms with E-state index >= 15 is 0 Å². The first-order chi connectivity index (χ1) is 7.65. The van der Waals surface area contributed by atoms with Gasteiger partial charge in [0, 0.05) is 19.1 Å². The average molecular weight is 228 g/mol. The minimum absolute atomic E-state index is 0.601. The minimum Gasteiger partial charge on any atom is -0.329 e. The van der Waals surface area contributed by atoms with Gasteiger partial charge in [0.2, 0.25) is 0 Å². The standard InChI is InChI=1S/C14H32N2/c1-5-7-8-9-10-14(11-15)16(6-2)12-13(3)4/h13-14H,5-12,15H2,1-4H3. The van der Waals surface area contributed by atoms with E-state index in [-0.39, 0.29) is 0 Å². The van der Waals surface area contributed by atoms with Gasteiger partial charge in [0.25, 0.3) is 0 Å². The monoisotopic (exact) mass is 228 g/mol. The van der Waals surface area contributed by atoms with Crippen LogP contribution in [0.2, 0.25) is 0 Å². The molecule has 0 radical (unpaired) electrons. The molecule has 0 aliphatic carbocycles. The molecule has 98 valence electrons. The van der Waals surface area contributed by atoms with Gasteiger partial charge in [0.15, 0.2) is 0 Å². The van der Waals surface area contributed by atoms with Gasteiger partial charge >= 0.3 is 0 Å². The van der Waals surface area contributed by atoms with Crippen molar-refractivity contribution < 1.29 is 0 Å². The number of hydrogen-bond acceptors (Lipinski definition) is 2. The van der Waals surface area contributed by atoms with Crippen LogP contribution in [-0.4, -0.2) is 30.6 Å². The van der Waals surface area contributed by atoms with Crippen LogP contribution in [0.1, 0.15) is 59.8 Å². The molecule has 0 aliphatic rings. The molecule has 2 heteroatoms. The molecule has 16 heavy (non-hydrogen) atoms. The number of nitrogens with zero attached hydrogens (tertiary/aromatic N) is 1. The third-order valence-corrected chi connectivity index (χ3v) is 3.19. The molecular formula is C14H32N2. The van der Waals surface area contributed by atoms with Crippen molar-refractivity contribution in [2.24, 2.45) is 11.7 Å². The predicted molar refractivity (Wildman–Crippen MR) is 73.7 cm³/mol. The van der Waals surface area contributed by atoms with Crippen molar-refractivity contribution in [3.05, 3.63) is 0 Å². The fourth-order valence-corrected chi connectivity index (χ4v) is 2.26. The fourth-order valence-electron chi connectivity index (χ4n) is 2.26. The lowest BCUT2D eigenvalue weighted by atomic mass is 10.0. The molecule has 2 N–H and O–H groups in total. The van der Waals surface area contributed by atoms with E-state index in [0.29, 0.717) is 6.04 Å². The third-order valence-electron chi connectivity index (χ3n) is 3.19. The third kappa shape index (κ3) is 7.24. The zero-order chi connectivity index (χ0) is 12.4. The summed E-state index contributed by atoms with van der Waals surface area (Å²) < 4.78 is 0. The van der Waals surface area contributed by atoms with Gasteiger partial charge in [-0.2, -0.15) is 0 Å². The number of unbranched alkanes of at least 4 members (excludes halogenated alkanes) is 3. The molecule has 0 fully saturated rings. The van der Waals surface area contributed by atoms with E-state index < -0.39 is 0 Å². The lowest BCUT2D eigenvalue weighted by Crippen LogP contribution is -2.42. The van der Waals surface area contributed by atoms with Gasteiger partial charge in [-0.25, -0.2) is 0 Å². The van der Waals surface area contributed by atoms with Crippen LogP contribution in [-0.2, 0) is 0 Å². The van der Waals surface area contributed by atoms with Gasteiger partial charge in [-0.15, -0.1) is 0 Å². The van der Waals surface area contributed by atoms with Gasteiger partial charge in [-0.1, -0.05) is 53.4 Å². The van der Waals surface area contributed by atoms with Crippen molar-refractivity contribution in [3.8, 4) is 0 Å². The van der Waals surface area contributed by atoms with Crippen LogP contribution < -0.4 is 5.73 Å². The first kappa shape index (κ1) is 15.9. The second-order valence-electron chi connectivity index (χ2n) is 5.22. The molecule has 1 unspecified atom stereocenters. The van der Waals surface area contributed by atoms with E-state index in [2.05, 4.69) is 32.6 Å². The Balaban J connectivity index is 3.91. The van der Waals surface area contributed by atoms with E-state index in [1.54, 1.807) is 0 Å². The summed E-state index contributed by atoms with van der Waals surface area (Å²) in [6.45, 7) is 12.2. The van der Waals surface area contributed by atoms with Crippen LogP contribution >= 0.6 is 0 Å². The molecule has 0 rings (SSSR count). The summed E-state index contributed by atoms with van der Waals surface area (Å²) in [7, 11) is 0. The zero-order valence-corrected chi connectivity index (χ0v) is 11.8. The molecule has 0 aliphatic heterocycles. The van der Waals surface area contributed by atoms with E-state index in [4.69, 9.17) is 5.73 Å². The van der Waals surface area contributed by atoms with E-state index in [1.807, 2.05) is 0 Å². The highest BCUT2D eigenvalue weighted by atomic mass is 15.2. The van der Waals surface area contributed by atoms with Crippen molar-refractivity contribution >= 4 is 0 Å². The molecule has 0 amide bonds. The molecule has 0 bridgehead atoms. The summed E-state index contributed by atoms with van der Waals surface area (Å²) in [5.74, 6) is 0.740. The molecule has 0 heterocycles. The van der Waals surface area contributed by atoms with Crippen molar-refractivity contribution in [3.63, 3.8) is 0 Å². The smallest absolute Gasteiger partial charge is 0.0218 e. The van der Waals surface area contributed by atoms with Crippen LogP contribution in [0.15, 0.2) is 0 Å². The van der Waals surface area contributed by atoms with Crippen molar-refractivity contribution in [2.75, 3.05) is 19.6 Å². The Morgan fingerprint density at radius 1 is 1.06 bits per heavy atom. The fraction of sp³-hybridized carbons (Fsp3) is 1.00. The topological polar surface area (TPSA) is 29.3 Å². The first-order valence-electron chi connectivity index (χ1n) is 7.09. The predicted octanol–water partition coefficient (Wildman–Crippen LogP) is 3.26.